The van der Waals surface area contributed by atoms with Gasteiger partial charge in [-0.1, -0.05) is 6.92 Å². The van der Waals surface area contributed by atoms with Crippen molar-refractivity contribution >= 4 is 0 Å². The fourth-order valence-electron chi connectivity index (χ4n) is 2.41. The molecule has 1 fully saturated rings. The van der Waals surface area contributed by atoms with Crippen LogP contribution in [0.25, 0.3) is 0 Å². The van der Waals surface area contributed by atoms with Gasteiger partial charge < -0.3 is 10.5 Å². The first-order chi connectivity index (χ1) is 9.08. The predicted molar refractivity (Wildman–Crippen MR) is 69.9 cm³/mol. The second kappa shape index (κ2) is 6.41. The number of ether oxygens (including phenoxy) is 1. The number of nitrogens with two attached hydrogens (primary N) is 1. The number of rotatable bonds is 4. The molecule has 0 aromatic heterocycles. The lowest BCUT2D eigenvalue weighted by molar-refractivity contribution is -0.0385. The molecule has 0 spiro atoms. The fourth-order valence-corrected chi connectivity index (χ4v) is 2.41. The topological polar surface area (TPSA) is 38.5 Å². The van der Waals surface area contributed by atoms with Crippen LogP contribution in [0, 0.1) is 11.6 Å². The molecule has 0 amide bonds. The van der Waals surface area contributed by atoms with Crippen molar-refractivity contribution in [3.05, 3.63) is 35.4 Å². The number of halogens is 2. The van der Waals surface area contributed by atoms with Crippen LogP contribution in [0.5, 0.6) is 0 Å². The Morgan fingerprint density at radius 3 is 2.68 bits per heavy atom. The number of likely N-dealkylation sites (N-methyl/N-ethyl adjacent to an activating group) is 1. The van der Waals surface area contributed by atoms with Crippen molar-refractivity contribution in [2.45, 2.75) is 25.5 Å². The van der Waals surface area contributed by atoms with Crippen LogP contribution in [-0.2, 0) is 11.2 Å². The first kappa shape index (κ1) is 14.4. The van der Waals surface area contributed by atoms with E-state index in [2.05, 4.69) is 11.8 Å². The minimum absolute atomic E-state index is 0.0833. The highest BCUT2D eigenvalue weighted by Crippen LogP contribution is 2.14. The van der Waals surface area contributed by atoms with E-state index in [0.29, 0.717) is 18.6 Å². The lowest BCUT2D eigenvalue weighted by atomic mass is 10.0. The third kappa shape index (κ3) is 3.96. The van der Waals surface area contributed by atoms with Gasteiger partial charge in [0.25, 0.3) is 0 Å². The average Bonchev–Trinajstić information content (AvgIpc) is 2.37. The molecule has 19 heavy (non-hydrogen) atoms. The zero-order chi connectivity index (χ0) is 13.8. The molecule has 2 N–H and O–H groups in total. The summed E-state index contributed by atoms with van der Waals surface area (Å²) in [5, 5.41) is 0. The van der Waals surface area contributed by atoms with Crippen LogP contribution in [0.1, 0.15) is 12.5 Å². The summed E-state index contributed by atoms with van der Waals surface area (Å²) in [5.41, 5.74) is 6.67. The maximum absolute atomic E-state index is 13.1. The molecule has 5 heteroatoms. The Hall–Kier alpha value is -1.04. The SMILES string of the molecule is CCN1CCOC(C(N)Cc2cc(F)cc(F)c2)C1. The van der Waals surface area contributed by atoms with E-state index in [4.69, 9.17) is 10.5 Å². The van der Waals surface area contributed by atoms with Gasteiger partial charge in [0.05, 0.1) is 12.7 Å². The Morgan fingerprint density at radius 1 is 1.37 bits per heavy atom. The quantitative estimate of drug-likeness (QED) is 0.902. The minimum Gasteiger partial charge on any atom is -0.374 e. The molecule has 0 bridgehead atoms. The highest BCUT2D eigenvalue weighted by Gasteiger charge is 2.25. The summed E-state index contributed by atoms with van der Waals surface area (Å²) in [5.74, 6) is -1.14. The Balaban J connectivity index is 1.98. The minimum atomic E-state index is -0.568. The van der Waals surface area contributed by atoms with Crippen molar-refractivity contribution in [3.8, 4) is 0 Å². The number of benzene rings is 1. The Morgan fingerprint density at radius 2 is 2.05 bits per heavy atom. The summed E-state index contributed by atoms with van der Waals surface area (Å²) in [6.07, 6.45) is 0.330. The summed E-state index contributed by atoms with van der Waals surface area (Å²) < 4.78 is 31.9. The summed E-state index contributed by atoms with van der Waals surface area (Å²) >= 11 is 0. The normalized spacial score (nSPS) is 22.4. The van der Waals surface area contributed by atoms with E-state index in [1.807, 2.05) is 0 Å². The van der Waals surface area contributed by atoms with E-state index in [-0.39, 0.29) is 12.1 Å². The van der Waals surface area contributed by atoms with Crippen LogP contribution >= 0.6 is 0 Å². The summed E-state index contributed by atoms with van der Waals surface area (Å²) in [4.78, 5) is 2.26. The van der Waals surface area contributed by atoms with Crippen LogP contribution in [0.15, 0.2) is 18.2 Å². The first-order valence-electron chi connectivity index (χ1n) is 6.63. The van der Waals surface area contributed by atoms with Gasteiger partial charge in [0.15, 0.2) is 0 Å². The van der Waals surface area contributed by atoms with Gasteiger partial charge in [0, 0.05) is 25.2 Å². The standard InChI is InChI=1S/C14H20F2N2O/c1-2-18-3-4-19-14(9-18)13(17)7-10-5-11(15)8-12(16)6-10/h5-6,8,13-14H,2-4,7,9,17H2,1H3. The number of hydrogen-bond acceptors (Lipinski definition) is 3. The predicted octanol–water partition coefficient (Wildman–Crippen LogP) is 1.56. The second-order valence-corrected chi connectivity index (χ2v) is 4.95. The molecule has 2 rings (SSSR count). The third-order valence-corrected chi connectivity index (χ3v) is 3.50. The molecular weight excluding hydrogens is 250 g/mol. The van der Waals surface area contributed by atoms with Crippen LogP contribution < -0.4 is 5.73 Å². The van der Waals surface area contributed by atoms with Crippen LogP contribution in [0.2, 0.25) is 0 Å². The van der Waals surface area contributed by atoms with Gasteiger partial charge in [-0.2, -0.15) is 0 Å². The lowest BCUT2D eigenvalue weighted by Gasteiger charge is -2.35. The molecule has 0 aliphatic carbocycles. The maximum Gasteiger partial charge on any atom is 0.126 e. The van der Waals surface area contributed by atoms with Crippen molar-refractivity contribution in [1.82, 2.24) is 4.90 Å². The smallest absolute Gasteiger partial charge is 0.126 e. The number of morpholine rings is 1. The van der Waals surface area contributed by atoms with E-state index in [1.54, 1.807) is 0 Å². The first-order valence-corrected chi connectivity index (χ1v) is 6.63. The van der Waals surface area contributed by atoms with Crippen molar-refractivity contribution in [2.24, 2.45) is 5.73 Å². The zero-order valence-corrected chi connectivity index (χ0v) is 11.1. The molecule has 0 radical (unpaired) electrons. The van der Waals surface area contributed by atoms with Gasteiger partial charge in [-0.25, -0.2) is 8.78 Å². The van der Waals surface area contributed by atoms with Crippen molar-refractivity contribution in [2.75, 3.05) is 26.2 Å². The van der Waals surface area contributed by atoms with E-state index in [0.717, 1.165) is 25.7 Å². The number of nitrogens with zero attached hydrogens (tertiary/aromatic N) is 1. The van der Waals surface area contributed by atoms with Gasteiger partial charge in [0.2, 0.25) is 0 Å². The molecule has 1 aromatic carbocycles. The summed E-state index contributed by atoms with van der Waals surface area (Å²) in [7, 11) is 0. The Labute approximate surface area is 112 Å². The molecule has 106 valence electrons. The Bertz CT molecular complexity index is 408. The van der Waals surface area contributed by atoms with Crippen molar-refractivity contribution < 1.29 is 13.5 Å². The molecule has 2 atom stereocenters. The fraction of sp³-hybridized carbons (Fsp3) is 0.571. The van der Waals surface area contributed by atoms with E-state index >= 15 is 0 Å². The van der Waals surface area contributed by atoms with Gasteiger partial charge in [-0.05, 0) is 30.7 Å². The van der Waals surface area contributed by atoms with Gasteiger partial charge in [0.1, 0.15) is 11.6 Å². The van der Waals surface area contributed by atoms with Crippen molar-refractivity contribution in [3.63, 3.8) is 0 Å². The molecular formula is C14H20F2N2O. The second-order valence-electron chi connectivity index (χ2n) is 4.95. The van der Waals surface area contributed by atoms with E-state index < -0.39 is 11.6 Å². The molecule has 1 heterocycles. The third-order valence-electron chi connectivity index (χ3n) is 3.50. The molecule has 1 aromatic rings. The maximum atomic E-state index is 13.1. The Kier molecular flexibility index (Phi) is 4.85. The van der Waals surface area contributed by atoms with Gasteiger partial charge >= 0.3 is 0 Å². The lowest BCUT2D eigenvalue weighted by Crippen LogP contribution is -2.51. The monoisotopic (exact) mass is 270 g/mol. The largest absolute Gasteiger partial charge is 0.374 e. The molecule has 1 saturated heterocycles. The molecule has 1 aliphatic rings. The van der Waals surface area contributed by atoms with Gasteiger partial charge in [-0.3, -0.25) is 4.90 Å². The molecule has 1 aliphatic heterocycles. The summed E-state index contributed by atoms with van der Waals surface area (Å²) in [6, 6.07) is 3.26. The molecule has 3 nitrogen and oxygen atoms in total. The highest BCUT2D eigenvalue weighted by molar-refractivity contribution is 5.19. The van der Waals surface area contributed by atoms with E-state index in [1.165, 1.54) is 12.1 Å². The number of hydrogen-bond donors (Lipinski definition) is 1. The highest BCUT2D eigenvalue weighted by atomic mass is 19.1. The van der Waals surface area contributed by atoms with Crippen LogP contribution in [0.3, 0.4) is 0 Å². The molecule has 2 unspecified atom stereocenters. The summed E-state index contributed by atoms with van der Waals surface area (Å²) in [6.45, 7) is 5.39. The average molecular weight is 270 g/mol. The van der Waals surface area contributed by atoms with Gasteiger partial charge in [-0.15, -0.1) is 0 Å². The van der Waals surface area contributed by atoms with Crippen molar-refractivity contribution in [1.29, 1.82) is 0 Å². The van der Waals surface area contributed by atoms with E-state index in [9.17, 15) is 8.78 Å². The van der Waals surface area contributed by atoms with Crippen LogP contribution in [0.4, 0.5) is 8.78 Å². The molecule has 0 saturated carbocycles. The zero-order valence-electron chi connectivity index (χ0n) is 11.1. The van der Waals surface area contributed by atoms with Crippen LogP contribution in [-0.4, -0.2) is 43.3 Å².